The summed E-state index contributed by atoms with van der Waals surface area (Å²) >= 11 is 0. The molecule has 1 aromatic carbocycles. The third-order valence-electron chi connectivity index (χ3n) is 3.76. The van der Waals surface area contributed by atoms with Crippen LogP contribution in [0.25, 0.3) is 0 Å². The number of aliphatic carboxylic acids is 1. The molecule has 0 aromatic heterocycles. The van der Waals surface area contributed by atoms with E-state index in [9.17, 15) is 18.0 Å². The average Bonchev–Trinajstić information content (AvgIpc) is 2.44. The summed E-state index contributed by atoms with van der Waals surface area (Å²) in [6.07, 6.45) is -1.46. The van der Waals surface area contributed by atoms with Crippen molar-refractivity contribution in [3.63, 3.8) is 0 Å². The van der Waals surface area contributed by atoms with Gasteiger partial charge in [0, 0.05) is 6.54 Å². The Labute approximate surface area is 128 Å². The molecule has 0 fully saturated rings. The molecule has 22 heavy (non-hydrogen) atoms. The Hall–Kier alpha value is -1.56. The molecule has 0 saturated heterocycles. The first-order valence-corrected chi connectivity index (χ1v) is 7.33. The molecule has 0 spiro atoms. The molecular formula is C16H22F3NO2. The Kier molecular flexibility index (Phi) is 6.87. The minimum Gasteiger partial charge on any atom is -0.481 e. The Balaban J connectivity index is 2.39. The average molecular weight is 317 g/mol. The number of hydrogen-bond donors (Lipinski definition) is 2. The van der Waals surface area contributed by atoms with E-state index >= 15 is 0 Å². The lowest BCUT2D eigenvalue weighted by Gasteiger charge is -2.16. The molecule has 0 amide bonds. The molecule has 0 radical (unpaired) electrons. The number of halogens is 3. The van der Waals surface area contributed by atoms with Crippen LogP contribution >= 0.6 is 0 Å². The number of aryl methyl sites for hydroxylation is 1. The largest absolute Gasteiger partial charge is 0.481 e. The van der Waals surface area contributed by atoms with Crippen molar-refractivity contribution >= 4 is 5.97 Å². The Morgan fingerprint density at radius 2 is 1.86 bits per heavy atom. The van der Waals surface area contributed by atoms with E-state index in [4.69, 9.17) is 10.8 Å². The van der Waals surface area contributed by atoms with Crippen LogP contribution in [0.1, 0.15) is 37.3 Å². The highest BCUT2D eigenvalue weighted by Gasteiger charge is 2.29. The number of carboxylic acid groups (broad SMARTS) is 1. The van der Waals surface area contributed by atoms with Gasteiger partial charge in [-0.25, -0.2) is 0 Å². The van der Waals surface area contributed by atoms with Crippen molar-refractivity contribution in [2.45, 2.75) is 38.8 Å². The van der Waals surface area contributed by atoms with Crippen molar-refractivity contribution < 1.29 is 23.1 Å². The third-order valence-corrected chi connectivity index (χ3v) is 3.76. The fourth-order valence-corrected chi connectivity index (χ4v) is 2.42. The van der Waals surface area contributed by atoms with Crippen molar-refractivity contribution in [1.82, 2.24) is 0 Å². The van der Waals surface area contributed by atoms with E-state index in [2.05, 4.69) is 0 Å². The molecule has 6 heteroatoms. The van der Waals surface area contributed by atoms with Crippen molar-refractivity contribution in [1.29, 1.82) is 0 Å². The predicted molar refractivity (Wildman–Crippen MR) is 78.3 cm³/mol. The molecule has 2 atom stereocenters. The summed E-state index contributed by atoms with van der Waals surface area (Å²) in [6, 6.07) is 5.17. The number of carbonyl (C=O) groups is 1. The monoisotopic (exact) mass is 317 g/mol. The zero-order valence-corrected chi connectivity index (χ0v) is 12.6. The second-order valence-corrected chi connectivity index (χ2v) is 5.70. The van der Waals surface area contributed by atoms with Crippen molar-refractivity contribution in [3.8, 4) is 0 Å². The van der Waals surface area contributed by atoms with E-state index in [0.717, 1.165) is 30.5 Å². The summed E-state index contributed by atoms with van der Waals surface area (Å²) in [4.78, 5) is 10.9. The van der Waals surface area contributed by atoms with E-state index in [-0.39, 0.29) is 12.5 Å². The van der Waals surface area contributed by atoms with Gasteiger partial charge in [0.25, 0.3) is 0 Å². The van der Waals surface area contributed by atoms with E-state index in [0.29, 0.717) is 12.8 Å². The maximum atomic E-state index is 12.4. The fourth-order valence-electron chi connectivity index (χ4n) is 2.42. The topological polar surface area (TPSA) is 63.3 Å². The standard InChI is InChI=1S/C16H22F3NO2/c1-11(9-13(10-20)15(21)22)3-2-4-12-5-7-14(8-6-12)16(17,18)19/h5-8,11,13H,2-4,9-10,20H2,1H3,(H,21,22). The summed E-state index contributed by atoms with van der Waals surface area (Å²) in [6.45, 7) is 2.09. The summed E-state index contributed by atoms with van der Waals surface area (Å²) in [5, 5.41) is 8.95. The molecule has 0 aliphatic heterocycles. The van der Waals surface area contributed by atoms with Gasteiger partial charge in [-0.15, -0.1) is 0 Å². The number of benzene rings is 1. The summed E-state index contributed by atoms with van der Waals surface area (Å²) < 4.78 is 37.3. The van der Waals surface area contributed by atoms with Crippen LogP contribution in [0.2, 0.25) is 0 Å². The highest BCUT2D eigenvalue weighted by Crippen LogP contribution is 2.29. The predicted octanol–water partition coefficient (Wildman–Crippen LogP) is 3.71. The van der Waals surface area contributed by atoms with Crippen LogP contribution in [0.4, 0.5) is 13.2 Å². The Morgan fingerprint density at radius 1 is 1.27 bits per heavy atom. The lowest BCUT2D eigenvalue weighted by atomic mass is 9.91. The number of hydrogen-bond acceptors (Lipinski definition) is 2. The molecule has 3 N–H and O–H groups in total. The van der Waals surface area contributed by atoms with Gasteiger partial charge in [-0.3, -0.25) is 4.79 Å². The lowest BCUT2D eigenvalue weighted by Crippen LogP contribution is -2.25. The van der Waals surface area contributed by atoms with Gasteiger partial charge < -0.3 is 10.8 Å². The maximum Gasteiger partial charge on any atom is 0.416 e. The highest BCUT2D eigenvalue weighted by molar-refractivity contribution is 5.70. The molecule has 0 saturated carbocycles. The number of alkyl halides is 3. The summed E-state index contributed by atoms with van der Waals surface area (Å²) in [5.41, 5.74) is 5.63. The van der Waals surface area contributed by atoms with Gasteiger partial charge in [0.05, 0.1) is 11.5 Å². The summed E-state index contributed by atoms with van der Waals surface area (Å²) in [7, 11) is 0. The molecule has 124 valence electrons. The minimum atomic E-state index is -4.30. The number of carboxylic acids is 1. The SMILES string of the molecule is CC(CCCc1ccc(C(F)(F)F)cc1)CC(CN)C(=O)O. The van der Waals surface area contributed by atoms with Gasteiger partial charge in [-0.2, -0.15) is 13.2 Å². The van der Waals surface area contributed by atoms with E-state index in [1.165, 1.54) is 12.1 Å². The lowest BCUT2D eigenvalue weighted by molar-refractivity contribution is -0.142. The van der Waals surface area contributed by atoms with E-state index in [1.807, 2.05) is 6.92 Å². The highest BCUT2D eigenvalue weighted by atomic mass is 19.4. The zero-order chi connectivity index (χ0) is 16.8. The second-order valence-electron chi connectivity index (χ2n) is 5.70. The van der Waals surface area contributed by atoms with Crippen LogP contribution in [0, 0.1) is 11.8 Å². The molecular weight excluding hydrogens is 295 g/mol. The molecule has 1 rings (SSSR count). The van der Waals surface area contributed by atoms with Gasteiger partial charge in [0.15, 0.2) is 0 Å². The van der Waals surface area contributed by atoms with Gasteiger partial charge in [-0.05, 0) is 42.9 Å². The van der Waals surface area contributed by atoms with Crippen LogP contribution < -0.4 is 5.73 Å². The molecule has 3 nitrogen and oxygen atoms in total. The van der Waals surface area contributed by atoms with Gasteiger partial charge >= 0.3 is 12.1 Å². The van der Waals surface area contributed by atoms with E-state index in [1.54, 1.807) is 0 Å². The van der Waals surface area contributed by atoms with E-state index < -0.39 is 23.6 Å². The second kappa shape index (κ2) is 8.17. The normalized spacial score (nSPS) is 14.6. The van der Waals surface area contributed by atoms with Crippen LogP contribution in [0.15, 0.2) is 24.3 Å². The molecule has 0 aliphatic rings. The number of rotatable bonds is 8. The van der Waals surface area contributed by atoms with Crippen molar-refractivity contribution in [2.75, 3.05) is 6.54 Å². The quantitative estimate of drug-likeness (QED) is 0.768. The molecule has 1 aromatic rings. The van der Waals surface area contributed by atoms with Crippen LogP contribution in [0.3, 0.4) is 0 Å². The van der Waals surface area contributed by atoms with Crippen LogP contribution in [-0.4, -0.2) is 17.6 Å². The Bertz CT molecular complexity index is 471. The zero-order valence-electron chi connectivity index (χ0n) is 12.6. The summed E-state index contributed by atoms with van der Waals surface area (Å²) in [5.74, 6) is -1.18. The molecule has 0 aliphatic carbocycles. The number of nitrogens with two attached hydrogens (primary N) is 1. The first kappa shape index (κ1) is 18.5. The van der Waals surface area contributed by atoms with Gasteiger partial charge in [0.1, 0.15) is 0 Å². The molecule has 0 heterocycles. The van der Waals surface area contributed by atoms with Gasteiger partial charge in [0.2, 0.25) is 0 Å². The van der Waals surface area contributed by atoms with Crippen LogP contribution in [-0.2, 0) is 17.4 Å². The smallest absolute Gasteiger partial charge is 0.416 e. The Morgan fingerprint density at radius 3 is 2.32 bits per heavy atom. The first-order valence-electron chi connectivity index (χ1n) is 7.33. The maximum absolute atomic E-state index is 12.4. The third kappa shape index (κ3) is 6.05. The van der Waals surface area contributed by atoms with Crippen LogP contribution in [0.5, 0.6) is 0 Å². The van der Waals surface area contributed by atoms with Crippen molar-refractivity contribution in [2.24, 2.45) is 17.6 Å². The first-order chi connectivity index (χ1) is 10.2. The fraction of sp³-hybridized carbons (Fsp3) is 0.562. The minimum absolute atomic E-state index is 0.124. The molecule has 0 bridgehead atoms. The van der Waals surface area contributed by atoms with Gasteiger partial charge in [-0.1, -0.05) is 25.5 Å². The van der Waals surface area contributed by atoms with Crippen molar-refractivity contribution in [3.05, 3.63) is 35.4 Å². The molecule has 2 unspecified atom stereocenters.